The number of benzene rings is 1. The highest BCUT2D eigenvalue weighted by molar-refractivity contribution is 6.00. The van der Waals surface area contributed by atoms with E-state index < -0.39 is 5.97 Å². The number of amides is 2. The van der Waals surface area contributed by atoms with Crippen LogP contribution in [-0.4, -0.2) is 41.9 Å². The third-order valence-corrected chi connectivity index (χ3v) is 4.66. The molecule has 0 heterocycles. The molecule has 0 saturated heterocycles. The molecule has 1 aliphatic carbocycles. The van der Waals surface area contributed by atoms with Crippen molar-refractivity contribution in [2.75, 3.05) is 19.4 Å². The number of carboxylic acids is 1. The summed E-state index contributed by atoms with van der Waals surface area (Å²) in [7, 11) is 3.43. The molecule has 2 N–H and O–H groups in total. The molecule has 0 aromatic heterocycles. The molecule has 0 spiro atoms. The predicted octanol–water partition coefficient (Wildman–Crippen LogP) is 2.75. The Bertz CT molecular complexity index is 634. The lowest BCUT2D eigenvalue weighted by atomic mass is 9.78. The molecule has 1 saturated carbocycles. The molecule has 0 aliphatic heterocycles. The highest BCUT2D eigenvalue weighted by Crippen LogP contribution is 2.44. The SMILES string of the molecule is CN(C)C(=O)CC1(CC(=O)Nc2ccccc2C(=O)O)CCCC1. The Labute approximate surface area is 141 Å². The standard InChI is InChI=1S/C18H24N2O4/c1-20(2)16(22)12-18(9-5-6-10-18)11-15(21)19-14-8-4-3-7-13(14)17(23)24/h3-4,7-8H,5-6,9-12H2,1-2H3,(H,19,21)(H,23,24). The number of carbonyl (C=O) groups is 3. The Kier molecular flexibility index (Phi) is 5.59. The summed E-state index contributed by atoms with van der Waals surface area (Å²) in [6.45, 7) is 0. The third-order valence-electron chi connectivity index (χ3n) is 4.66. The Balaban J connectivity index is 2.09. The van der Waals surface area contributed by atoms with E-state index in [2.05, 4.69) is 5.32 Å². The van der Waals surface area contributed by atoms with E-state index in [0.717, 1.165) is 25.7 Å². The number of nitrogens with one attached hydrogen (secondary N) is 1. The second-order valence-corrected chi connectivity index (χ2v) is 6.75. The number of hydrogen-bond donors (Lipinski definition) is 2. The van der Waals surface area contributed by atoms with Gasteiger partial charge in [0.2, 0.25) is 11.8 Å². The second-order valence-electron chi connectivity index (χ2n) is 6.75. The van der Waals surface area contributed by atoms with E-state index in [0.29, 0.717) is 12.1 Å². The molecule has 1 fully saturated rings. The number of anilines is 1. The van der Waals surface area contributed by atoms with Crippen molar-refractivity contribution in [1.29, 1.82) is 0 Å². The second kappa shape index (κ2) is 7.47. The maximum Gasteiger partial charge on any atom is 0.337 e. The van der Waals surface area contributed by atoms with Crippen LogP contribution in [0.1, 0.15) is 48.9 Å². The lowest BCUT2D eigenvalue weighted by Crippen LogP contribution is -2.32. The smallest absolute Gasteiger partial charge is 0.337 e. The fourth-order valence-electron chi connectivity index (χ4n) is 3.33. The molecule has 0 atom stereocenters. The summed E-state index contributed by atoms with van der Waals surface area (Å²) in [5.41, 5.74) is 0.0432. The van der Waals surface area contributed by atoms with Gasteiger partial charge in [0, 0.05) is 26.9 Å². The van der Waals surface area contributed by atoms with Gasteiger partial charge in [-0.2, -0.15) is 0 Å². The maximum absolute atomic E-state index is 12.5. The largest absolute Gasteiger partial charge is 0.478 e. The van der Waals surface area contributed by atoms with Crippen molar-refractivity contribution < 1.29 is 19.5 Å². The van der Waals surface area contributed by atoms with Gasteiger partial charge >= 0.3 is 5.97 Å². The van der Waals surface area contributed by atoms with Crippen LogP contribution in [0.4, 0.5) is 5.69 Å². The topological polar surface area (TPSA) is 86.7 Å². The summed E-state index contributed by atoms with van der Waals surface area (Å²) in [4.78, 5) is 37.4. The molecule has 2 rings (SSSR count). The lowest BCUT2D eigenvalue weighted by molar-refractivity contribution is -0.131. The first-order valence-corrected chi connectivity index (χ1v) is 8.15. The summed E-state index contributed by atoms with van der Waals surface area (Å²) >= 11 is 0. The van der Waals surface area contributed by atoms with Gasteiger partial charge in [0.15, 0.2) is 0 Å². The van der Waals surface area contributed by atoms with Crippen LogP contribution < -0.4 is 5.32 Å². The predicted molar refractivity (Wildman–Crippen MR) is 90.9 cm³/mol. The van der Waals surface area contributed by atoms with E-state index in [1.54, 1.807) is 37.2 Å². The maximum atomic E-state index is 12.5. The fraction of sp³-hybridized carbons (Fsp3) is 0.500. The Hall–Kier alpha value is -2.37. The Morgan fingerprint density at radius 3 is 2.33 bits per heavy atom. The highest BCUT2D eigenvalue weighted by atomic mass is 16.4. The third kappa shape index (κ3) is 4.34. The normalized spacial score (nSPS) is 15.8. The van der Waals surface area contributed by atoms with Crippen LogP contribution in [0.2, 0.25) is 0 Å². The first kappa shape index (κ1) is 18.0. The molecule has 0 unspecified atom stereocenters. The van der Waals surface area contributed by atoms with Gasteiger partial charge < -0.3 is 15.3 Å². The van der Waals surface area contributed by atoms with Crippen LogP contribution in [0.25, 0.3) is 0 Å². The Morgan fingerprint density at radius 2 is 1.75 bits per heavy atom. The summed E-state index contributed by atoms with van der Waals surface area (Å²) < 4.78 is 0. The van der Waals surface area contributed by atoms with E-state index in [-0.39, 0.29) is 29.2 Å². The average molecular weight is 332 g/mol. The lowest BCUT2D eigenvalue weighted by Gasteiger charge is -2.29. The summed E-state index contributed by atoms with van der Waals surface area (Å²) in [6, 6.07) is 6.34. The highest BCUT2D eigenvalue weighted by Gasteiger charge is 2.38. The van der Waals surface area contributed by atoms with Crippen molar-refractivity contribution in [1.82, 2.24) is 4.90 Å². The molecule has 24 heavy (non-hydrogen) atoms. The van der Waals surface area contributed by atoms with Gasteiger partial charge in [-0.3, -0.25) is 9.59 Å². The van der Waals surface area contributed by atoms with Crippen LogP contribution in [-0.2, 0) is 9.59 Å². The van der Waals surface area contributed by atoms with Crippen molar-refractivity contribution in [3.8, 4) is 0 Å². The molecule has 1 aliphatic rings. The molecule has 1 aromatic rings. The van der Waals surface area contributed by atoms with E-state index in [1.807, 2.05) is 0 Å². The summed E-state index contributed by atoms with van der Waals surface area (Å²) in [5, 5.41) is 11.9. The van der Waals surface area contributed by atoms with Crippen LogP contribution in [0, 0.1) is 5.41 Å². The van der Waals surface area contributed by atoms with E-state index >= 15 is 0 Å². The van der Waals surface area contributed by atoms with Gasteiger partial charge in [0.25, 0.3) is 0 Å². The van der Waals surface area contributed by atoms with Gasteiger partial charge in [-0.05, 0) is 30.4 Å². The first-order valence-electron chi connectivity index (χ1n) is 8.15. The van der Waals surface area contributed by atoms with Gasteiger partial charge in [0.1, 0.15) is 0 Å². The van der Waals surface area contributed by atoms with Crippen LogP contribution in [0.15, 0.2) is 24.3 Å². The zero-order chi connectivity index (χ0) is 17.7. The molecule has 0 radical (unpaired) electrons. The average Bonchev–Trinajstić information content (AvgIpc) is 2.95. The molecular formula is C18H24N2O4. The summed E-state index contributed by atoms with van der Waals surface area (Å²) in [6.07, 6.45) is 4.31. The number of para-hydroxylation sites is 1. The number of nitrogens with zero attached hydrogens (tertiary/aromatic N) is 1. The molecule has 6 heteroatoms. The molecule has 6 nitrogen and oxygen atoms in total. The minimum atomic E-state index is -1.08. The van der Waals surface area contributed by atoms with Gasteiger partial charge in [0.05, 0.1) is 11.3 Å². The van der Waals surface area contributed by atoms with E-state index in [4.69, 9.17) is 0 Å². The van der Waals surface area contributed by atoms with E-state index in [9.17, 15) is 19.5 Å². The van der Waals surface area contributed by atoms with Crippen LogP contribution in [0.5, 0.6) is 0 Å². The number of carbonyl (C=O) groups excluding carboxylic acids is 2. The molecule has 130 valence electrons. The zero-order valence-corrected chi connectivity index (χ0v) is 14.2. The quantitative estimate of drug-likeness (QED) is 0.838. The van der Waals surface area contributed by atoms with Crippen LogP contribution >= 0.6 is 0 Å². The molecule has 0 bridgehead atoms. The zero-order valence-electron chi connectivity index (χ0n) is 14.2. The van der Waals surface area contributed by atoms with Crippen molar-refractivity contribution in [3.63, 3.8) is 0 Å². The van der Waals surface area contributed by atoms with E-state index in [1.165, 1.54) is 6.07 Å². The first-order chi connectivity index (χ1) is 11.3. The van der Waals surface area contributed by atoms with Gasteiger partial charge in [-0.25, -0.2) is 4.79 Å². The molecule has 2 amide bonds. The van der Waals surface area contributed by atoms with Gasteiger partial charge in [-0.1, -0.05) is 25.0 Å². The number of aromatic carboxylic acids is 1. The minimum Gasteiger partial charge on any atom is -0.478 e. The molecule has 1 aromatic carbocycles. The fourth-order valence-corrected chi connectivity index (χ4v) is 3.33. The monoisotopic (exact) mass is 332 g/mol. The number of carboxylic acid groups (broad SMARTS) is 1. The summed E-state index contributed by atoms with van der Waals surface area (Å²) in [5.74, 6) is -1.29. The van der Waals surface area contributed by atoms with Crippen molar-refractivity contribution >= 4 is 23.5 Å². The van der Waals surface area contributed by atoms with Crippen molar-refractivity contribution in [2.45, 2.75) is 38.5 Å². The number of hydrogen-bond acceptors (Lipinski definition) is 3. The van der Waals surface area contributed by atoms with Crippen molar-refractivity contribution in [2.24, 2.45) is 5.41 Å². The minimum absolute atomic E-state index is 0.0237. The van der Waals surface area contributed by atoms with Crippen molar-refractivity contribution in [3.05, 3.63) is 29.8 Å². The molecular weight excluding hydrogens is 308 g/mol. The van der Waals surface area contributed by atoms with Crippen LogP contribution in [0.3, 0.4) is 0 Å². The number of rotatable bonds is 6. The van der Waals surface area contributed by atoms with Gasteiger partial charge in [-0.15, -0.1) is 0 Å². The Morgan fingerprint density at radius 1 is 1.12 bits per heavy atom.